The molecular weight excluding hydrogens is 308 g/mol. The molecule has 1 rings (SSSR count). The van der Waals surface area contributed by atoms with Crippen LogP contribution in [0.2, 0.25) is 0 Å². The summed E-state index contributed by atoms with van der Waals surface area (Å²) in [6, 6.07) is 1.91. The molecule has 0 aliphatic rings. The van der Waals surface area contributed by atoms with Gasteiger partial charge in [-0.05, 0) is 28.9 Å². The summed E-state index contributed by atoms with van der Waals surface area (Å²) in [7, 11) is 0. The molecule has 1 N–H and O–H groups in total. The lowest BCUT2D eigenvalue weighted by molar-refractivity contribution is 0.130. The lowest BCUT2D eigenvalue weighted by Crippen LogP contribution is -2.16. The van der Waals surface area contributed by atoms with Crippen LogP contribution < -0.4 is 0 Å². The van der Waals surface area contributed by atoms with Crippen molar-refractivity contribution in [3.63, 3.8) is 0 Å². The molecule has 0 saturated heterocycles. The molecule has 6 heteroatoms. The van der Waals surface area contributed by atoms with Gasteiger partial charge in [0.25, 0.3) is 0 Å². The highest BCUT2D eigenvalue weighted by molar-refractivity contribution is 9.10. The Labute approximate surface area is 112 Å². The SMILES string of the molecule is C=CC(C)OCC(=NO)c1cc(Br)c(F)cc1F. The van der Waals surface area contributed by atoms with Crippen LogP contribution in [-0.2, 0) is 4.74 Å². The summed E-state index contributed by atoms with van der Waals surface area (Å²) in [5.74, 6) is -1.55. The van der Waals surface area contributed by atoms with E-state index < -0.39 is 11.6 Å². The molecule has 0 aliphatic heterocycles. The highest BCUT2D eigenvalue weighted by Gasteiger charge is 2.15. The van der Waals surface area contributed by atoms with Crippen molar-refractivity contribution >= 4 is 21.6 Å². The Morgan fingerprint density at radius 1 is 1.56 bits per heavy atom. The average molecular weight is 320 g/mol. The van der Waals surface area contributed by atoms with Crippen molar-refractivity contribution in [2.75, 3.05) is 6.61 Å². The third kappa shape index (κ3) is 3.61. The van der Waals surface area contributed by atoms with E-state index in [0.29, 0.717) is 6.07 Å². The van der Waals surface area contributed by atoms with Crippen LogP contribution in [0.1, 0.15) is 12.5 Å². The maximum absolute atomic E-state index is 13.5. The molecule has 1 atom stereocenters. The van der Waals surface area contributed by atoms with Crippen LogP contribution in [0.15, 0.2) is 34.4 Å². The first-order valence-corrected chi connectivity index (χ1v) is 5.89. The Morgan fingerprint density at radius 3 is 2.78 bits per heavy atom. The largest absolute Gasteiger partial charge is 0.411 e. The van der Waals surface area contributed by atoms with Gasteiger partial charge in [0.2, 0.25) is 0 Å². The van der Waals surface area contributed by atoms with E-state index in [1.54, 1.807) is 13.0 Å². The summed E-state index contributed by atoms with van der Waals surface area (Å²) in [4.78, 5) is 0. The van der Waals surface area contributed by atoms with Gasteiger partial charge in [0.15, 0.2) is 0 Å². The van der Waals surface area contributed by atoms with Crippen LogP contribution in [0.25, 0.3) is 0 Å². The number of ether oxygens (including phenoxy) is 1. The lowest BCUT2D eigenvalue weighted by atomic mass is 10.1. The van der Waals surface area contributed by atoms with E-state index in [2.05, 4.69) is 27.7 Å². The third-order valence-corrected chi connectivity index (χ3v) is 2.86. The van der Waals surface area contributed by atoms with Gasteiger partial charge in [0.05, 0.1) is 17.2 Å². The number of oxime groups is 1. The molecule has 0 saturated carbocycles. The fourth-order valence-electron chi connectivity index (χ4n) is 1.18. The molecule has 0 bridgehead atoms. The van der Waals surface area contributed by atoms with Crippen molar-refractivity contribution in [3.05, 3.63) is 46.5 Å². The molecule has 98 valence electrons. The van der Waals surface area contributed by atoms with E-state index in [1.165, 1.54) is 6.07 Å². The zero-order valence-electron chi connectivity index (χ0n) is 9.66. The molecule has 1 aromatic carbocycles. The zero-order valence-corrected chi connectivity index (χ0v) is 11.2. The van der Waals surface area contributed by atoms with Crippen molar-refractivity contribution in [2.24, 2.45) is 5.16 Å². The van der Waals surface area contributed by atoms with Gasteiger partial charge in [-0.15, -0.1) is 6.58 Å². The van der Waals surface area contributed by atoms with E-state index in [-0.39, 0.29) is 28.5 Å². The Balaban J connectivity index is 2.96. The van der Waals surface area contributed by atoms with Crippen molar-refractivity contribution in [2.45, 2.75) is 13.0 Å². The van der Waals surface area contributed by atoms with Gasteiger partial charge in [-0.25, -0.2) is 8.78 Å². The van der Waals surface area contributed by atoms with Gasteiger partial charge in [0, 0.05) is 11.6 Å². The molecule has 0 radical (unpaired) electrons. The van der Waals surface area contributed by atoms with Gasteiger partial charge in [-0.2, -0.15) is 0 Å². The molecule has 0 heterocycles. The lowest BCUT2D eigenvalue weighted by Gasteiger charge is -2.11. The molecule has 0 spiro atoms. The fraction of sp³-hybridized carbons (Fsp3) is 0.250. The second kappa shape index (κ2) is 6.61. The molecule has 0 aromatic heterocycles. The van der Waals surface area contributed by atoms with E-state index in [0.717, 1.165) is 0 Å². The second-order valence-corrected chi connectivity index (χ2v) is 4.40. The van der Waals surface area contributed by atoms with Crippen molar-refractivity contribution in [1.82, 2.24) is 0 Å². The zero-order chi connectivity index (χ0) is 13.7. The summed E-state index contributed by atoms with van der Waals surface area (Å²) >= 11 is 2.94. The monoisotopic (exact) mass is 319 g/mol. The first-order valence-electron chi connectivity index (χ1n) is 5.09. The first-order chi connectivity index (χ1) is 8.49. The topological polar surface area (TPSA) is 41.8 Å². The second-order valence-electron chi connectivity index (χ2n) is 3.54. The summed E-state index contributed by atoms with van der Waals surface area (Å²) in [5, 5.41) is 11.8. The minimum atomic E-state index is -0.821. The Bertz CT molecular complexity index is 477. The van der Waals surface area contributed by atoms with E-state index in [9.17, 15) is 8.78 Å². The average Bonchev–Trinajstić information content (AvgIpc) is 2.35. The third-order valence-electron chi connectivity index (χ3n) is 2.26. The van der Waals surface area contributed by atoms with Crippen LogP contribution in [0.5, 0.6) is 0 Å². The van der Waals surface area contributed by atoms with Crippen LogP contribution >= 0.6 is 15.9 Å². The van der Waals surface area contributed by atoms with Gasteiger partial charge in [-0.3, -0.25) is 0 Å². The minimum Gasteiger partial charge on any atom is -0.411 e. The summed E-state index contributed by atoms with van der Waals surface area (Å²) in [6.07, 6.45) is 1.28. The quantitative estimate of drug-likeness (QED) is 0.297. The predicted molar refractivity (Wildman–Crippen MR) is 68.0 cm³/mol. The molecule has 0 amide bonds. The summed E-state index contributed by atoms with van der Waals surface area (Å²) < 4.78 is 31.9. The van der Waals surface area contributed by atoms with E-state index >= 15 is 0 Å². The maximum Gasteiger partial charge on any atom is 0.140 e. The smallest absolute Gasteiger partial charge is 0.140 e. The van der Waals surface area contributed by atoms with Crippen molar-refractivity contribution < 1.29 is 18.7 Å². The molecule has 1 unspecified atom stereocenters. The van der Waals surface area contributed by atoms with Gasteiger partial charge >= 0.3 is 0 Å². The van der Waals surface area contributed by atoms with Crippen molar-refractivity contribution in [1.29, 1.82) is 0 Å². The fourth-order valence-corrected chi connectivity index (χ4v) is 1.53. The minimum absolute atomic E-state index is 0.0259. The number of rotatable bonds is 5. The summed E-state index contributed by atoms with van der Waals surface area (Å²) in [5.41, 5.74) is -0.0519. The Morgan fingerprint density at radius 2 is 2.22 bits per heavy atom. The molecule has 3 nitrogen and oxygen atoms in total. The number of halogens is 3. The highest BCUT2D eigenvalue weighted by Crippen LogP contribution is 2.20. The maximum atomic E-state index is 13.5. The van der Waals surface area contributed by atoms with Gasteiger partial charge in [-0.1, -0.05) is 11.2 Å². The van der Waals surface area contributed by atoms with Gasteiger partial charge in [0.1, 0.15) is 17.3 Å². The summed E-state index contributed by atoms with van der Waals surface area (Å²) in [6.45, 7) is 5.14. The van der Waals surface area contributed by atoms with Crippen LogP contribution in [-0.4, -0.2) is 23.6 Å². The van der Waals surface area contributed by atoms with E-state index in [1.807, 2.05) is 0 Å². The van der Waals surface area contributed by atoms with Gasteiger partial charge < -0.3 is 9.94 Å². The number of benzene rings is 1. The number of nitrogens with zero attached hydrogens (tertiary/aromatic N) is 1. The normalized spacial score (nSPS) is 13.4. The first kappa shape index (κ1) is 14.8. The predicted octanol–water partition coefficient (Wildman–Crippen LogP) is 3.50. The standard InChI is InChI=1S/C12H12BrF2NO2/c1-3-7(2)18-6-12(16-17)8-4-9(13)11(15)5-10(8)14/h3-5,7,17H,1,6H2,2H3. The van der Waals surface area contributed by atoms with E-state index in [4.69, 9.17) is 9.94 Å². The molecule has 18 heavy (non-hydrogen) atoms. The van der Waals surface area contributed by atoms with Crippen molar-refractivity contribution in [3.8, 4) is 0 Å². The highest BCUT2D eigenvalue weighted by atomic mass is 79.9. The molecule has 0 fully saturated rings. The molecular formula is C12H12BrF2NO2. The van der Waals surface area contributed by atoms with Crippen LogP contribution in [0, 0.1) is 11.6 Å². The number of hydrogen-bond donors (Lipinski definition) is 1. The Kier molecular flexibility index (Phi) is 5.43. The number of hydrogen-bond acceptors (Lipinski definition) is 3. The van der Waals surface area contributed by atoms with Crippen LogP contribution in [0.3, 0.4) is 0 Å². The molecule has 0 aliphatic carbocycles. The van der Waals surface area contributed by atoms with Crippen LogP contribution in [0.4, 0.5) is 8.78 Å². The Hall–Kier alpha value is -1.27. The molecule has 1 aromatic rings.